The van der Waals surface area contributed by atoms with Gasteiger partial charge in [-0.2, -0.15) is 5.10 Å². The van der Waals surface area contributed by atoms with Crippen LogP contribution in [0.25, 0.3) is 0 Å². The third kappa shape index (κ3) is 5.13. The quantitative estimate of drug-likeness (QED) is 0.608. The standard InChI is InChI=1S/C27H31ClN4O5/c1-16(33)29-18-7-8-21(28)20(15-18)25(34)31-12-10-19(11-13-31)32-26(35)27(2,3)24(30-32)17-6-9-22(36-4)23(14-17)37-5/h6-9,14-15,19H,10-13H2,1-5H3,(H,29,33). The molecule has 0 atom stereocenters. The Morgan fingerprint density at radius 2 is 1.73 bits per heavy atom. The molecular formula is C27H31ClN4O5. The Kier molecular flexibility index (Phi) is 7.45. The third-order valence-corrected chi connectivity index (χ3v) is 7.14. The minimum Gasteiger partial charge on any atom is -0.493 e. The van der Waals surface area contributed by atoms with Gasteiger partial charge >= 0.3 is 0 Å². The summed E-state index contributed by atoms with van der Waals surface area (Å²) < 4.78 is 10.8. The smallest absolute Gasteiger partial charge is 0.255 e. The lowest BCUT2D eigenvalue weighted by molar-refractivity contribution is -0.138. The summed E-state index contributed by atoms with van der Waals surface area (Å²) in [5.74, 6) is 0.655. The maximum Gasteiger partial charge on any atom is 0.255 e. The highest BCUT2D eigenvalue weighted by Gasteiger charge is 2.47. The molecule has 0 spiro atoms. The van der Waals surface area contributed by atoms with Crippen LogP contribution in [0.5, 0.6) is 11.5 Å². The van der Waals surface area contributed by atoms with Crippen LogP contribution < -0.4 is 14.8 Å². The predicted molar refractivity (Wildman–Crippen MR) is 141 cm³/mol. The van der Waals surface area contributed by atoms with Crippen LogP contribution in [0.2, 0.25) is 5.02 Å². The Hall–Kier alpha value is -3.59. The number of nitrogens with one attached hydrogen (secondary N) is 1. The van der Waals surface area contributed by atoms with Crippen molar-refractivity contribution in [2.24, 2.45) is 10.5 Å². The fourth-order valence-electron chi connectivity index (χ4n) is 4.77. The monoisotopic (exact) mass is 526 g/mol. The molecule has 1 saturated heterocycles. The summed E-state index contributed by atoms with van der Waals surface area (Å²) in [5.41, 5.74) is 1.48. The van der Waals surface area contributed by atoms with E-state index in [9.17, 15) is 14.4 Å². The van der Waals surface area contributed by atoms with Crippen molar-refractivity contribution in [3.63, 3.8) is 0 Å². The molecule has 0 radical (unpaired) electrons. The lowest BCUT2D eigenvalue weighted by Gasteiger charge is -2.35. The third-order valence-electron chi connectivity index (χ3n) is 6.81. The van der Waals surface area contributed by atoms with Crippen LogP contribution in [0.3, 0.4) is 0 Å². The fourth-order valence-corrected chi connectivity index (χ4v) is 4.97. The second kappa shape index (κ2) is 10.4. The number of amides is 3. The maximum atomic E-state index is 13.4. The van der Waals surface area contributed by atoms with Crippen molar-refractivity contribution in [3.05, 3.63) is 52.5 Å². The molecule has 0 unspecified atom stereocenters. The van der Waals surface area contributed by atoms with Crippen LogP contribution in [0.15, 0.2) is 41.5 Å². The molecular weight excluding hydrogens is 496 g/mol. The molecule has 4 rings (SSSR count). The van der Waals surface area contributed by atoms with Crippen LogP contribution >= 0.6 is 11.6 Å². The summed E-state index contributed by atoms with van der Waals surface area (Å²) in [6.45, 7) is 6.05. The first-order valence-corrected chi connectivity index (χ1v) is 12.5. The number of hydrazone groups is 1. The molecule has 0 aromatic heterocycles. The van der Waals surface area contributed by atoms with E-state index in [1.165, 1.54) is 6.92 Å². The van der Waals surface area contributed by atoms with Crippen LogP contribution in [-0.4, -0.2) is 66.7 Å². The minimum absolute atomic E-state index is 0.0758. The zero-order valence-electron chi connectivity index (χ0n) is 21.6. The maximum absolute atomic E-state index is 13.4. The van der Waals surface area contributed by atoms with Gasteiger partial charge in [-0.1, -0.05) is 11.6 Å². The van der Waals surface area contributed by atoms with Crippen molar-refractivity contribution in [2.45, 2.75) is 39.7 Å². The van der Waals surface area contributed by atoms with Gasteiger partial charge in [0.1, 0.15) is 0 Å². The van der Waals surface area contributed by atoms with Crippen LogP contribution in [0.4, 0.5) is 5.69 Å². The average molecular weight is 527 g/mol. The summed E-state index contributed by atoms with van der Waals surface area (Å²) in [5, 5.41) is 9.35. The number of nitrogens with zero attached hydrogens (tertiary/aromatic N) is 3. The molecule has 2 aromatic rings. The van der Waals surface area contributed by atoms with E-state index in [1.807, 2.05) is 26.0 Å². The number of rotatable bonds is 6. The second-order valence-corrected chi connectivity index (χ2v) is 10.1. The van der Waals surface area contributed by atoms with E-state index in [0.717, 1.165) is 5.56 Å². The van der Waals surface area contributed by atoms with Gasteiger partial charge < -0.3 is 19.7 Å². The Labute approximate surface area is 221 Å². The van der Waals surface area contributed by atoms with Gasteiger partial charge in [0.15, 0.2) is 11.5 Å². The molecule has 196 valence electrons. The van der Waals surface area contributed by atoms with E-state index < -0.39 is 5.41 Å². The highest BCUT2D eigenvalue weighted by atomic mass is 35.5. The van der Waals surface area contributed by atoms with Crippen molar-refractivity contribution in [1.82, 2.24) is 9.91 Å². The van der Waals surface area contributed by atoms with E-state index in [-0.39, 0.29) is 23.8 Å². The second-order valence-electron chi connectivity index (χ2n) is 9.69. The molecule has 2 aromatic carbocycles. The lowest BCUT2D eigenvalue weighted by Crippen LogP contribution is -2.47. The topological polar surface area (TPSA) is 101 Å². The first-order valence-electron chi connectivity index (χ1n) is 12.1. The normalized spacial score (nSPS) is 17.5. The van der Waals surface area contributed by atoms with Crippen molar-refractivity contribution >= 4 is 40.7 Å². The number of ether oxygens (including phenoxy) is 2. The number of carbonyl (C=O) groups excluding carboxylic acids is 3. The highest BCUT2D eigenvalue weighted by molar-refractivity contribution is 6.34. The summed E-state index contributed by atoms with van der Waals surface area (Å²) in [7, 11) is 3.14. The number of methoxy groups -OCH3 is 2. The van der Waals surface area contributed by atoms with Gasteiger partial charge in [-0.05, 0) is 63.1 Å². The number of benzene rings is 2. The molecule has 37 heavy (non-hydrogen) atoms. The Morgan fingerprint density at radius 3 is 2.35 bits per heavy atom. The summed E-state index contributed by atoms with van der Waals surface area (Å²) in [6, 6.07) is 10.2. The number of carbonyl (C=O) groups is 3. The van der Waals surface area contributed by atoms with E-state index >= 15 is 0 Å². The molecule has 1 fully saturated rings. The number of hydrogen-bond donors (Lipinski definition) is 1. The van der Waals surface area contributed by atoms with Crippen molar-refractivity contribution in [1.29, 1.82) is 0 Å². The largest absolute Gasteiger partial charge is 0.493 e. The summed E-state index contributed by atoms with van der Waals surface area (Å²) >= 11 is 6.30. The molecule has 3 amide bonds. The first-order chi connectivity index (χ1) is 17.6. The molecule has 0 aliphatic carbocycles. The van der Waals surface area contributed by atoms with E-state index in [1.54, 1.807) is 48.4 Å². The molecule has 10 heteroatoms. The zero-order chi connectivity index (χ0) is 26.9. The van der Waals surface area contributed by atoms with Crippen LogP contribution in [0, 0.1) is 5.41 Å². The number of anilines is 1. The Bertz CT molecular complexity index is 1270. The van der Waals surface area contributed by atoms with Crippen molar-refractivity contribution < 1.29 is 23.9 Å². The molecule has 2 heterocycles. The van der Waals surface area contributed by atoms with Crippen molar-refractivity contribution in [3.8, 4) is 11.5 Å². The van der Waals surface area contributed by atoms with Crippen LogP contribution in [-0.2, 0) is 9.59 Å². The molecule has 0 bridgehead atoms. The van der Waals surface area contributed by atoms with Gasteiger partial charge in [-0.25, -0.2) is 5.01 Å². The van der Waals surface area contributed by atoms with Crippen molar-refractivity contribution in [2.75, 3.05) is 32.6 Å². The number of likely N-dealkylation sites (tertiary alicyclic amines) is 1. The molecule has 2 aliphatic rings. The molecule has 2 aliphatic heterocycles. The molecule has 0 saturated carbocycles. The van der Waals surface area contributed by atoms with Crippen LogP contribution in [0.1, 0.15) is 49.5 Å². The van der Waals surface area contributed by atoms with Gasteiger partial charge in [0.2, 0.25) is 5.91 Å². The average Bonchev–Trinajstić information content (AvgIpc) is 3.12. The number of halogens is 1. The number of piperidine rings is 1. The Morgan fingerprint density at radius 1 is 1.05 bits per heavy atom. The predicted octanol–water partition coefficient (Wildman–Crippen LogP) is 4.19. The number of hydrogen-bond acceptors (Lipinski definition) is 6. The Balaban J connectivity index is 1.50. The first kappa shape index (κ1) is 26.5. The molecule has 1 N–H and O–H groups in total. The highest BCUT2D eigenvalue weighted by Crippen LogP contribution is 2.37. The van der Waals surface area contributed by atoms with Gasteiger partial charge in [0, 0.05) is 31.3 Å². The van der Waals surface area contributed by atoms with E-state index in [2.05, 4.69) is 5.32 Å². The van der Waals surface area contributed by atoms with Gasteiger partial charge in [0.05, 0.1) is 42.0 Å². The summed E-state index contributed by atoms with van der Waals surface area (Å²) in [6.07, 6.45) is 1.17. The summed E-state index contributed by atoms with van der Waals surface area (Å²) in [4.78, 5) is 39.7. The fraction of sp³-hybridized carbons (Fsp3) is 0.407. The zero-order valence-corrected chi connectivity index (χ0v) is 22.4. The SMILES string of the molecule is COc1ccc(C2=NN(C3CCN(C(=O)c4cc(NC(C)=O)ccc4Cl)CC3)C(=O)C2(C)C)cc1OC. The molecule has 9 nitrogen and oxygen atoms in total. The van der Waals surface area contributed by atoms with Gasteiger partial charge in [-0.3, -0.25) is 14.4 Å². The van der Waals surface area contributed by atoms with E-state index in [4.69, 9.17) is 26.2 Å². The minimum atomic E-state index is -0.815. The van der Waals surface area contributed by atoms with Gasteiger partial charge in [-0.15, -0.1) is 0 Å². The van der Waals surface area contributed by atoms with Gasteiger partial charge in [0.25, 0.3) is 11.8 Å². The van der Waals surface area contributed by atoms with E-state index in [0.29, 0.717) is 59.4 Å². The lowest BCUT2D eigenvalue weighted by atomic mass is 9.83.